The van der Waals surface area contributed by atoms with Crippen LogP contribution in [-0.2, 0) is 4.79 Å². The van der Waals surface area contributed by atoms with Gasteiger partial charge >= 0.3 is 0 Å². The predicted octanol–water partition coefficient (Wildman–Crippen LogP) is 1.10. The Bertz CT molecular complexity index is 319. The van der Waals surface area contributed by atoms with E-state index in [-0.39, 0.29) is 0 Å². The van der Waals surface area contributed by atoms with Gasteiger partial charge in [0.25, 0.3) is 0 Å². The van der Waals surface area contributed by atoms with Crippen molar-refractivity contribution in [3.8, 4) is 0 Å². The molecule has 0 aromatic heterocycles. The molecule has 0 radical (unpaired) electrons. The first-order valence-electron chi connectivity index (χ1n) is 7.34. The molecule has 0 aromatic carbocycles. The van der Waals surface area contributed by atoms with Crippen LogP contribution < -0.4 is 5.32 Å². The number of nitrogens with one attached hydrogen (secondary N) is 1. The zero-order valence-electron chi connectivity index (χ0n) is 10.4. The quantitative estimate of drug-likeness (QED) is 0.737. The van der Waals surface area contributed by atoms with Crippen LogP contribution in [0, 0.1) is 29.6 Å². The van der Waals surface area contributed by atoms with Crippen LogP contribution in [0.1, 0.15) is 25.7 Å². The van der Waals surface area contributed by atoms with Crippen LogP contribution in [0.2, 0.25) is 0 Å². The number of nitrogens with zero attached hydrogens (tertiary/aromatic N) is 1. The number of hydrogen-bond donors (Lipinski definition) is 1. The molecule has 4 rings (SSSR count). The van der Waals surface area contributed by atoms with Gasteiger partial charge in [-0.3, -0.25) is 4.79 Å². The number of amides is 1. The molecule has 2 aliphatic heterocycles. The molecule has 0 spiro atoms. The highest BCUT2D eigenvalue weighted by molar-refractivity contribution is 5.82. The smallest absolute Gasteiger partial charge is 0.226 e. The van der Waals surface area contributed by atoms with E-state index in [1.54, 1.807) is 0 Å². The summed E-state index contributed by atoms with van der Waals surface area (Å²) in [7, 11) is 0. The lowest BCUT2D eigenvalue weighted by molar-refractivity contribution is -0.132. The second-order valence-corrected chi connectivity index (χ2v) is 6.56. The van der Waals surface area contributed by atoms with Crippen molar-refractivity contribution in [2.45, 2.75) is 25.7 Å². The lowest BCUT2D eigenvalue weighted by Gasteiger charge is -2.17. The number of fused-ring (bicyclic) bond motifs is 2. The Morgan fingerprint density at radius 2 is 1.59 bits per heavy atom. The van der Waals surface area contributed by atoms with E-state index in [9.17, 15) is 4.79 Å². The maximum Gasteiger partial charge on any atom is 0.226 e. The van der Waals surface area contributed by atoms with Crippen molar-refractivity contribution in [2.24, 2.45) is 29.6 Å². The zero-order chi connectivity index (χ0) is 11.4. The molecule has 2 saturated heterocycles. The van der Waals surface area contributed by atoms with Gasteiger partial charge in [0.1, 0.15) is 0 Å². The lowest BCUT2D eigenvalue weighted by Crippen LogP contribution is -2.33. The Morgan fingerprint density at radius 1 is 1.00 bits per heavy atom. The van der Waals surface area contributed by atoms with Gasteiger partial charge in [-0.05, 0) is 36.5 Å². The summed E-state index contributed by atoms with van der Waals surface area (Å²) in [5.41, 5.74) is 0. The Balaban J connectivity index is 1.41. The van der Waals surface area contributed by atoms with Crippen LogP contribution in [0.25, 0.3) is 0 Å². The highest BCUT2D eigenvalue weighted by atomic mass is 16.2. The molecule has 2 heterocycles. The molecule has 3 nitrogen and oxygen atoms in total. The van der Waals surface area contributed by atoms with Crippen molar-refractivity contribution in [3.05, 3.63) is 0 Å². The monoisotopic (exact) mass is 234 g/mol. The summed E-state index contributed by atoms with van der Waals surface area (Å²) in [5, 5.41) is 3.44. The standard InChI is InChI=1S/C14H22N2O/c17-14(13-11-3-1-2-4-12(11)13)16-7-9-5-15-6-10(9)8-16/h9-13,15H,1-8H2/t9-,10+,11?,12?,13?. The number of likely N-dealkylation sites (tertiary alicyclic amines) is 1. The van der Waals surface area contributed by atoms with E-state index in [0.717, 1.165) is 49.9 Å². The topological polar surface area (TPSA) is 32.3 Å². The van der Waals surface area contributed by atoms with Crippen molar-refractivity contribution >= 4 is 5.91 Å². The number of hydrogen-bond acceptors (Lipinski definition) is 2. The molecular weight excluding hydrogens is 212 g/mol. The third kappa shape index (κ3) is 1.55. The van der Waals surface area contributed by atoms with E-state index >= 15 is 0 Å². The molecule has 4 fully saturated rings. The van der Waals surface area contributed by atoms with E-state index in [0.29, 0.717) is 11.8 Å². The summed E-state index contributed by atoms with van der Waals surface area (Å²) in [6.07, 6.45) is 5.37. The molecule has 1 amide bonds. The summed E-state index contributed by atoms with van der Waals surface area (Å²) >= 11 is 0. The Labute approximate surface area is 103 Å². The van der Waals surface area contributed by atoms with Crippen molar-refractivity contribution < 1.29 is 4.79 Å². The fourth-order valence-corrected chi connectivity index (χ4v) is 4.60. The molecule has 1 N–H and O–H groups in total. The largest absolute Gasteiger partial charge is 0.342 e. The summed E-state index contributed by atoms with van der Waals surface area (Å²) in [6, 6.07) is 0. The minimum atomic E-state index is 0.435. The van der Waals surface area contributed by atoms with Crippen molar-refractivity contribution in [1.82, 2.24) is 10.2 Å². The summed E-state index contributed by atoms with van der Waals surface area (Å²) in [4.78, 5) is 14.7. The van der Waals surface area contributed by atoms with Gasteiger partial charge in [0.2, 0.25) is 5.91 Å². The maximum absolute atomic E-state index is 12.5. The Kier molecular flexibility index (Phi) is 2.26. The molecular formula is C14H22N2O. The molecule has 2 aliphatic carbocycles. The van der Waals surface area contributed by atoms with E-state index < -0.39 is 0 Å². The molecule has 94 valence electrons. The molecule has 4 aliphatic rings. The van der Waals surface area contributed by atoms with Crippen molar-refractivity contribution in [2.75, 3.05) is 26.2 Å². The second kappa shape index (κ2) is 3.71. The first kappa shape index (κ1) is 10.4. The molecule has 0 aromatic rings. The predicted molar refractivity (Wildman–Crippen MR) is 65.4 cm³/mol. The van der Waals surface area contributed by atoms with Crippen LogP contribution >= 0.6 is 0 Å². The first-order valence-corrected chi connectivity index (χ1v) is 7.34. The van der Waals surface area contributed by atoms with Crippen LogP contribution in [0.4, 0.5) is 0 Å². The van der Waals surface area contributed by atoms with Gasteiger partial charge in [-0.1, -0.05) is 12.8 Å². The van der Waals surface area contributed by atoms with Gasteiger partial charge in [0.15, 0.2) is 0 Å². The van der Waals surface area contributed by atoms with E-state index in [2.05, 4.69) is 10.2 Å². The van der Waals surface area contributed by atoms with Gasteiger partial charge in [-0.15, -0.1) is 0 Å². The van der Waals surface area contributed by atoms with Crippen molar-refractivity contribution in [3.63, 3.8) is 0 Å². The van der Waals surface area contributed by atoms with Gasteiger partial charge < -0.3 is 10.2 Å². The minimum Gasteiger partial charge on any atom is -0.342 e. The molecule has 2 unspecified atom stereocenters. The lowest BCUT2D eigenvalue weighted by atomic mass is 10.0. The van der Waals surface area contributed by atoms with Gasteiger partial charge in [0.05, 0.1) is 0 Å². The number of carbonyl (C=O) groups excluding carboxylic acids is 1. The van der Waals surface area contributed by atoms with Crippen molar-refractivity contribution in [1.29, 1.82) is 0 Å². The Hall–Kier alpha value is -0.570. The SMILES string of the molecule is O=C(C1C2CCCCC21)N1C[C@H]2CNC[C@H]2C1. The molecule has 3 heteroatoms. The summed E-state index contributed by atoms with van der Waals surface area (Å²) in [6.45, 7) is 4.33. The van der Waals surface area contributed by atoms with Crippen LogP contribution in [0.5, 0.6) is 0 Å². The maximum atomic E-state index is 12.5. The molecule has 2 saturated carbocycles. The molecule has 0 bridgehead atoms. The summed E-state index contributed by atoms with van der Waals surface area (Å²) in [5.74, 6) is 3.99. The van der Waals surface area contributed by atoms with Gasteiger partial charge in [0, 0.05) is 32.1 Å². The second-order valence-electron chi connectivity index (χ2n) is 6.56. The van der Waals surface area contributed by atoms with Crippen LogP contribution in [0.3, 0.4) is 0 Å². The van der Waals surface area contributed by atoms with E-state index in [4.69, 9.17) is 0 Å². The number of rotatable bonds is 1. The summed E-state index contributed by atoms with van der Waals surface area (Å²) < 4.78 is 0. The normalized spacial score (nSPS) is 47.8. The number of carbonyl (C=O) groups is 1. The zero-order valence-corrected chi connectivity index (χ0v) is 10.4. The van der Waals surface area contributed by atoms with E-state index in [1.807, 2.05) is 0 Å². The molecule has 17 heavy (non-hydrogen) atoms. The van der Waals surface area contributed by atoms with Crippen LogP contribution in [-0.4, -0.2) is 37.0 Å². The molecule has 4 atom stereocenters. The average molecular weight is 234 g/mol. The van der Waals surface area contributed by atoms with E-state index in [1.165, 1.54) is 25.7 Å². The van der Waals surface area contributed by atoms with Gasteiger partial charge in [-0.2, -0.15) is 0 Å². The average Bonchev–Trinajstić information content (AvgIpc) is 2.66. The minimum absolute atomic E-state index is 0.435. The fourth-order valence-electron chi connectivity index (χ4n) is 4.60. The fraction of sp³-hybridized carbons (Fsp3) is 0.929. The first-order chi connectivity index (χ1) is 8.34. The van der Waals surface area contributed by atoms with Crippen LogP contribution in [0.15, 0.2) is 0 Å². The van der Waals surface area contributed by atoms with Gasteiger partial charge in [-0.25, -0.2) is 0 Å². The third-order valence-electron chi connectivity index (χ3n) is 5.64. The Morgan fingerprint density at radius 3 is 2.18 bits per heavy atom. The highest BCUT2D eigenvalue weighted by Crippen LogP contribution is 2.56. The highest BCUT2D eigenvalue weighted by Gasteiger charge is 2.56. The third-order valence-corrected chi connectivity index (χ3v) is 5.64.